The molecule has 1 aliphatic heterocycles. The van der Waals surface area contributed by atoms with Crippen LogP contribution in [-0.2, 0) is 4.79 Å². The lowest BCUT2D eigenvalue weighted by molar-refractivity contribution is -0.895. The molecule has 142 valence electrons. The molecule has 1 aliphatic rings. The monoisotopic (exact) mass is 386 g/mol. The third-order valence-corrected chi connectivity index (χ3v) is 5.89. The van der Waals surface area contributed by atoms with E-state index in [-0.39, 0.29) is 11.4 Å². The molecule has 3 heterocycles. The quantitative estimate of drug-likeness (QED) is 0.677. The van der Waals surface area contributed by atoms with Gasteiger partial charge in [-0.25, -0.2) is 0 Å². The molecule has 7 heteroatoms. The number of hydrogen-bond acceptors (Lipinski definition) is 5. The summed E-state index contributed by atoms with van der Waals surface area (Å²) in [7, 11) is 0. The summed E-state index contributed by atoms with van der Waals surface area (Å²) in [4.78, 5) is 33.4. The maximum Gasteiger partial charge on any atom is 0.290 e. The van der Waals surface area contributed by atoms with Gasteiger partial charge in [-0.1, -0.05) is 6.07 Å². The van der Waals surface area contributed by atoms with E-state index in [1.807, 2.05) is 5.38 Å². The number of nitrogens with zero attached hydrogens (tertiary/aromatic N) is 2. The van der Waals surface area contributed by atoms with Crippen molar-refractivity contribution in [2.75, 3.05) is 26.2 Å². The van der Waals surface area contributed by atoms with E-state index in [0.717, 1.165) is 25.2 Å². The van der Waals surface area contributed by atoms with Crippen LogP contribution in [0.25, 0.3) is 0 Å². The van der Waals surface area contributed by atoms with Gasteiger partial charge in [-0.05, 0) is 43.0 Å². The van der Waals surface area contributed by atoms with E-state index >= 15 is 0 Å². The average Bonchev–Trinajstić information content (AvgIpc) is 3.31. The predicted molar refractivity (Wildman–Crippen MR) is 104 cm³/mol. The van der Waals surface area contributed by atoms with Crippen LogP contribution in [0.2, 0.25) is 0 Å². The summed E-state index contributed by atoms with van der Waals surface area (Å²) < 4.78 is 0. The molecule has 6 nitrogen and oxygen atoms in total. The molecule has 1 atom stereocenters. The van der Waals surface area contributed by atoms with Crippen molar-refractivity contribution in [2.45, 2.75) is 19.9 Å². The summed E-state index contributed by atoms with van der Waals surface area (Å²) in [5.74, 6) is -1.22. The van der Waals surface area contributed by atoms with E-state index in [9.17, 15) is 14.7 Å². The molecule has 0 bridgehead atoms. The zero-order valence-electron chi connectivity index (χ0n) is 15.5. The van der Waals surface area contributed by atoms with Crippen LogP contribution in [0, 0.1) is 0 Å². The maximum atomic E-state index is 13.0. The van der Waals surface area contributed by atoms with E-state index in [2.05, 4.69) is 18.8 Å². The highest BCUT2D eigenvalue weighted by molar-refractivity contribution is 7.12. The van der Waals surface area contributed by atoms with Crippen LogP contribution in [-0.4, -0.2) is 52.9 Å². The molecule has 2 aromatic rings. The first-order chi connectivity index (χ1) is 13.1. The first-order valence-electron chi connectivity index (χ1n) is 9.14. The van der Waals surface area contributed by atoms with Gasteiger partial charge in [-0.15, -0.1) is 11.3 Å². The number of aliphatic hydroxyl groups is 1. The number of amides is 1. The zero-order chi connectivity index (χ0) is 19.4. The molecule has 0 radical (unpaired) electrons. The Hall–Kier alpha value is -2.51. The number of pyridine rings is 1. The molecule has 2 aromatic heterocycles. The SMILES string of the molecule is CC[NH+](CC)CCN1C(=O)C(O)=C(C(=O)c2cccs2)[C@H]1c1ccncc1. The number of carbonyl (C=O) groups excluding carboxylic acids is 2. The Labute approximate surface area is 162 Å². The Kier molecular flexibility index (Phi) is 6.03. The lowest BCUT2D eigenvalue weighted by atomic mass is 9.96. The van der Waals surface area contributed by atoms with Gasteiger partial charge < -0.3 is 14.9 Å². The van der Waals surface area contributed by atoms with E-state index in [1.165, 1.54) is 16.2 Å². The number of hydrogen-bond donors (Lipinski definition) is 2. The van der Waals surface area contributed by atoms with Crippen molar-refractivity contribution in [1.82, 2.24) is 9.88 Å². The molecule has 0 unspecified atom stereocenters. The fourth-order valence-corrected chi connectivity index (χ4v) is 4.11. The highest BCUT2D eigenvalue weighted by Gasteiger charge is 2.44. The van der Waals surface area contributed by atoms with E-state index in [1.54, 1.807) is 41.6 Å². The second-order valence-corrected chi connectivity index (χ2v) is 7.41. The number of quaternary nitrogens is 1. The molecule has 0 spiro atoms. The minimum Gasteiger partial charge on any atom is -0.503 e. The highest BCUT2D eigenvalue weighted by Crippen LogP contribution is 2.38. The number of Topliss-reactive ketones (excluding diaryl/α,β-unsaturated/α-hetero) is 1. The van der Waals surface area contributed by atoms with Crippen LogP contribution in [0.5, 0.6) is 0 Å². The van der Waals surface area contributed by atoms with Crippen molar-refractivity contribution in [3.05, 3.63) is 63.8 Å². The minimum atomic E-state index is -0.593. The first kappa shape index (κ1) is 19.3. The summed E-state index contributed by atoms with van der Waals surface area (Å²) in [5, 5.41) is 12.4. The number of nitrogens with one attached hydrogen (secondary N) is 1. The molecule has 0 aliphatic carbocycles. The van der Waals surface area contributed by atoms with Gasteiger partial charge >= 0.3 is 0 Å². The maximum absolute atomic E-state index is 13.0. The standard InChI is InChI=1S/C20H23N3O3S/c1-3-22(4-2)11-12-23-17(14-7-9-21-10-8-14)16(19(25)20(23)26)18(24)15-6-5-13-27-15/h5-10,13,17,25H,3-4,11-12H2,1-2H3/p+1/t17-/m1/s1. The average molecular weight is 386 g/mol. The van der Waals surface area contributed by atoms with Crippen molar-refractivity contribution in [1.29, 1.82) is 0 Å². The van der Waals surface area contributed by atoms with Crippen LogP contribution in [0.3, 0.4) is 0 Å². The van der Waals surface area contributed by atoms with Crippen molar-refractivity contribution in [3.8, 4) is 0 Å². The first-order valence-corrected chi connectivity index (χ1v) is 10.0. The van der Waals surface area contributed by atoms with Crippen molar-refractivity contribution in [3.63, 3.8) is 0 Å². The molecule has 0 aromatic carbocycles. The molecule has 0 saturated heterocycles. The van der Waals surface area contributed by atoms with Crippen LogP contribution < -0.4 is 4.90 Å². The third kappa shape index (κ3) is 3.79. The van der Waals surface area contributed by atoms with Crippen LogP contribution in [0.4, 0.5) is 0 Å². The molecular formula is C20H24N3O3S+. The van der Waals surface area contributed by atoms with Gasteiger partial charge in [-0.3, -0.25) is 14.6 Å². The van der Waals surface area contributed by atoms with Crippen molar-refractivity contribution >= 4 is 23.0 Å². The van der Waals surface area contributed by atoms with Gasteiger partial charge in [0.25, 0.3) is 5.91 Å². The number of aliphatic hydroxyl groups excluding tert-OH is 1. The van der Waals surface area contributed by atoms with Crippen LogP contribution in [0.15, 0.2) is 53.4 Å². The Morgan fingerprint density at radius 3 is 2.56 bits per heavy atom. The minimum absolute atomic E-state index is 0.156. The van der Waals surface area contributed by atoms with Gasteiger partial charge in [0.15, 0.2) is 5.76 Å². The van der Waals surface area contributed by atoms with Gasteiger partial charge in [0.1, 0.15) is 0 Å². The van der Waals surface area contributed by atoms with Gasteiger partial charge in [0.05, 0.1) is 42.7 Å². The summed E-state index contributed by atoms with van der Waals surface area (Å²) in [6.07, 6.45) is 3.27. The smallest absolute Gasteiger partial charge is 0.290 e. The van der Waals surface area contributed by atoms with Crippen molar-refractivity contribution < 1.29 is 19.6 Å². The Bertz CT molecular complexity index is 829. The molecule has 0 fully saturated rings. The van der Waals surface area contributed by atoms with Crippen LogP contribution in [0.1, 0.15) is 35.1 Å². The number of ketones is 1. The molecule has 27 heavy (non-hydrogen) atoms. The summed E-state index contributed by atoms with van der Waals surface area (Å²) in [5.41, 5.74) is 0.931. The summed E-state index contributed by atoms with van der Waals surface area (Å²) >= 11 is 1.30. The Balaban J connectivity index is 1.98. The lowest BCUT2D eigenvalue weighted by Gasteiger charge is -2.28. The van der Waals surface area contributed by atoms with Crippen LogP contribution >= 0.6 is 11.3 Å². The number of thiophene rings is 1. The molecule has 0 saturated carbocycles. The normalized spacial score (nSPS) is 17.2. The third-order valence-electron chi connectivity index (χ3n) is 5.02. The molecule has 3 rings (SSSR count). The van der Waals surface area contributed by atoms with Gasteiger partial charge in [-0.2, -0.15) is 0 Å². The number of likely N-dealkylation sites (N-methyl/N-ethyl adjacent to an activating group) is 1. The number of aromatic nitrogens is 1. The van der Waals surface area contributed by atoms with E-state index < -0.39 is 17.7 Å². The van der Waals surface area contributed by atoms with E-state index in [0.29, 0.717) is 11.4 Å². The largest absolute Gasteiger partial charge is 0.503 e. The summed E-state index contributed by atoms with van der Waals surface area (Å²) in [6.45, 7) is 7.35. The molecular weight excluding hydrogens is 362 g/mol. The number of carbonyl (C=O) groups is 2. The van der Waals surface area contributed by atoms with Gasteiger partial charge in [0.2, 0.25) is 5.78 Å². The second-order valence-electron chi connectivity index (χ2n) is 6.46. The highest BCUT2D eigenvalue weighted by atomic mass is 32.1. The molecule has 2 N–H and O–H groups in total. The Morgan fingerprint density at radius 1 is 1.26 bits per heavy atom. The Morgan fingerprint density at radius 2 is 1.96 bits per heavy atom. The second kappa shape index (κ2) is 8.45. The predicted octanol–water partition coefficient (Wildman–Crippen LogP) is 1.65. The fourth-order valence-electron chi connectivity index (χ4n) is 3.43. The summed E-state index contributed by atoms with van der Waals surface area (Å²) in [6, 6.07) is 6.48. The topological polar surface area (TPSA) is 74.9 Å². The van der Waals surface area contributed by atoms with Gasteiger partial charge in [0, 0.05) is 12.4 Å². The lowest BCUT2D eigenvalue weighted by Crippen LogP contribution is -3.12. The zero-order valence-corrected chi connectivity index (χ0v) is 16.3. The number of rotatable bonds is 8. The van der Waals surface area contributed by atoms with Crippen molar-refractivity contribution in [2.24, 2.45) is 0 Å². The fraction of sp³-hybridized carbons (Fsp3) is 0.350. The van der Waals surface area contributed by atoms with E-state index in [4.69, 9.17) is 0 Å². The molecule has 1 amide bonds.